The first-order valence-electron chi connectivity index (χ1n) is 12.6. The van der Waals surface area contributed by atoms with E-state index in [1.54, 1.807) is 24.3 Å². The Balaban J connectivity index is 1.27. The molecule has 4 fully saturated rings. The van der Waals surface area contributed by atoms with Crippen molar-refractivity contribution in [1.82, 2.24) is 0 Å². The summed E-state index contributed by atoms with van der Waals surface area (Å²) in [6.45, 7) is 4.68. The Morgan fingerprint density at radius 2 is 1.69 bits per heavy atom. The highest BCUT2D eigenvalue weighted by atomic mass is 16.5. The second kappa shape index (κ2) is 8.11. The van der Waals surface area contributed by atoms with Crippen LogP contribution in [0.25, 0.3) is 0 Å². The summed E-state index contributed by atoms with van der Waals surface area (Å²) in [6, 6.07) is 8.90. The number of fused-ring (bicyclic) bond motifs is 5. The number of rotatable bonds is 4. The monoisotopic (exact) mass is 436 g/mol. The lowest BCUT2D eigenvalue weighted by Crippen LogP contribution is -2.54. The number of Topliss-reactive ketones (excluding diaryl/α,β-unsaturated/α-hetero) is 2. The van der Waals surface area contributed by atoms with E-state index in [1.807, 2.05) is 6.07 Å². The zero-order valence-corrected chi connectivity index (χ0v) is 19.5. The summed E-state index contributed by atoms with van der Waals surface area (Å²) in [5.74, 6) is 2.64. The zero-order chi connectivity index (χ0) is 22.5. The van der Waals surface area contributed by atoms with Gasteiger partial charge < -0.3 is 4.74 Å². The minimum absolute atomic E-state index is 0.00418. The van der Waals surface area contributed by atoms with E-state index < -0.39 is 5.97 Å². The van der Waals surface area contributed by atoms with Crippen LogP contribution < -0.4 is 0 Å². The molecule has 0 N–H and O–H groups in total. The Kier molecular flexibility index (Phi) is 5.54. The van der Waals surface area contributed by atoms with E-state index in [9.17, 15) is 14.4 Å². The Hall–Kier alpha value is -1.97. The molecule has 4 aliphatic rings. The maximum absolute atomic E-state index is 13.2. The molecule has 4 heteroatoms. The first kappa shape index (κ1) is 21.9. The predicted molar refractivity (Wildman–Crippen MR) is 122 cm³/mol. The largest absolute Gasteiger partial charge is 0.454 e. The van der Waals surface area contributed by atoms with Crippen LogP contribution in [0.15, 0.2) is 30.3 Å². The van der Waals surface area contributed by atoms with Gasteiger partial charge in [0.2, 0.25) is 0 Å². The van der Waals surface area contributed by atoms with Gasteiger partial charge in [-0.1, -0.05) is 32.0 Å². The van der Waals surface area contributed by atoms with Crippen molar-refractivity contribution in [3.8, 4) is 0 Å². The number of hydrogen-bond donors (Lipinski definition) is 0. The fraction of sp³-hybridized carbons (Fsp3) is 0.679. The van der Waals surface area contributed by atoms with Gasteiger partial charge in [-0.3, -0.25) is 9.59 Å². The number of ketones is 2. The quantitative estimate of drug-likeness (QED) is 0.573. The fourth-order valence-electron chi connectivity index (χ4n) is 8.47. The Bertz CT molecular complexity index is 907. The van der Waals surface area contributed by atoms with Gasteiger partial charge in [0.15, 0.2) is 12.4 Å². The Morgan fingerprint density at radius 1 is 0.938 bits per heavy atom. The first-order valence-corrected chi connectivity index (χ1v) is 12.6. The third-order valence-corrected chi connectivity index (χ3v) is 10.2. The van der Waals surface area contributed by atoms with Gasteiger partial charge in [0.05, 0.1) is 5.56 Å². The molecule has 0 unspecified atom stereocenters. The van der Waals surface area contributed by atoms with E-state index in [0.717, 1.165) is 38.5 Å². The van der Waals surface area contributed by atoms with Crippen molar-refractivity contribution < 1.29 is 19.1 Å². The molecule has 0 radical (unpaired) electrons. The smallest absolute Gasteiger partial charge is 0.338 e. The van der Waals surface area contributed by atoms with Crippen molar-refractivity contribution in [3.63, 3.8) is 0 Å². The highest BCUT2D eigenvalue weighted by Gasteiger charge is 2.61. The van der Waals surface area contributed by atoms with E-state index in [2.05, 4.69) is 13.8 Å². The summed E-state index contributed by atoms with van der Waals surface area (Å²) in [5.41, 5.74) is 0.809. The average molecular weight is 437 g/mol. The number of carbonyl (C=O) groups excluding carboxylic acids is 3. The van der Waals surface area contributed by atoms with E-state index in [-0.39, 0.29) is 23.7 Å². The summed E-state index contributed by atoms with van der Waals surface area (Å²) in [7, 11) is 0. The van der Waals surface area contributed by atoms with Crippen LogP contribution in [-0.2, 0) is 14.3 Å². The fourth-order valence-corrected chi connectivity index (χ4v) is 8.47. The molecule has 0 spiro atoms. The lowest BCUT2D eigenvalue weighted by atomic mass is 9.44. The van der Waals surface area contributed by atoms with Crippen LogP contribution in [-0.4, -0.2) is 24.1 Å². The molecule has 0 aromatic heterocycles. The number of benzene rings is 1. The first-order chi connectivity index (χ1) is 15.3. The summed E-state index contributed by atoms with van der Waals surface area (Å²) in [5, 5.41) is 0. The van der Waals surface area contributed by atoms with E-state index >= 15 is 0 Å². The molecule has 4 aliphatic carbocycles. The lowest BCUT2D eigenvalue weighted by molar-refractivity contribution is -0.144. The number of carbonyl (C=O) groups is 3. The molecule has 7 atom stereocenters. The van der Waals surface area contributed by atoms with Gasteiger partial charge in [0, 0.05) is 18.8 Å². The summed E-state index contributed by atoms with van der Waals surface area (Å²) in [6.07, 6.45) is 9.27. The maximum atomic E-state index is 13.2. The van der Waals surface area contributed by atoms with Crippen LogP contribution in [0.4, 0.5) is 0 Å². The van der Waals surface area contributed by atoms with Crippen molar-refractivity contribution in [2.75, 3.05) is 6.61 Å². The minimum atomic E-state index is -0.416. The second-order valence-corrected chi connectivity index (χ2v) is 11.5. The topological polar surface area (TPSA) is 60.4 Å². The maximum Gasteiger partial charge on any atom is 0.338 e. The van der Waals surface area contributed by atoms with Crippen LogP contribution in [0.3, 0.4) is 0 Å². The van der Waals surface area contributed by atoms with Crippen molar-refractivity contribution in [3.05, 3.63) is 35.9 Å². The normalized spacial score (nSPS) is 40.7. The Morgan fingerprint density at radius 3 is 2.47 bits per heavy atom. The molecular formula is C28H36O4. The summed E-state index contributed by atoms with van der Waals surface area (Å²) >= 11 is 0. The zero-order valence-electron chi connectivity index (χ0n) is 19.5. The third kappa shape index (κ3) is 3.45. The van der Waals surface area contributed by atoms with Crippen LogP contribution in [0.5, 0.6) is 0 Å². The molecular weight excluding hydrogens is 400 g/mol. The highest BCUT2D eigenvalue weighted by molar-refractivity contribution is 5.92. The minimum Gasteiger partial charge on any atom is -0.454 e. The van der Waals surface area contributed by atoms with Crippen molar-refractivity contribution in [2.45, 2.75) is 71.6 Å². The molecule has 0 aliphatic heterocycles. The molecule has 0 amide bonds. The van der Waals surface area contributed by atoms with Crippen LogP contribution >= 0.6 is 0 Å². The van der Waals surface area contributed by atoms with Gasteiger partial charge in [-0.2, -0.15) is 0 Å². The standard InChI is InChI=1S/C28H36O4/c1-27-14-12-20(29)16-19(27)8-9-21-22-10-11-24(28(22,2)15-13-23(21)27)25(30)17-32-26(31)18-6-4-3-5-7-18/h3-7,19,21-24H,8-17H2,1-2H3/t19-,21+,22+,23+,24-,27+,28+/m1/s1. The van der Waals surface area contributed by atoms with Crippen LogP contribution in [0, 0.1) is 40.4 Å². The molecule has 0 bridgehead atoms. The molecule has 0 saturated heterocycles. The molecule has 1 aromatic rings. The molecule has 1 aromatic carbocycles. The van der Waals surface area contributed by atoms with Gasteiger partial charge in [-0.15, -0.1) is 0 Å². The van der Waals surface area contributed by atoms with Gasteiger partial charge in [0.1, 0.15) is 5.78 Å². The number of esters is 1. The van der Waals surface area contributed by atoms with Gasteiger partial charge in [-0.05, 0) is 91.6 Å². The predicted octanol–water partition coefficient (Wildman–Crippen LogP) is 5.64. The van der Waals surface area contributed by atoms with Crippen molar-refractivity contribution >= 4 is 17.5 Å². The average Bonchev–Trinajstić information content (AvgIpc) is 3.15. The van der Waals surface area contributed by atoms with E-state index in [4.69, 9.17) is 4.74 Å². The summed E-state index contributed by atoms with van der Waals surface area (Å²) < 4.78 is 5.41. The van der Waals surface area contributed by atoms with E-state index in [0.29, 0.717) is 40.4 Å². The van der Waals surface area contributed by atoms with Crippen molar-refractivity contribution in [2.24, 2.45) is 40.4 Å². The SMILES string of the molecule is C[C@]12CCC(=O)C[C@H]1CC[C@@H]1[C@@H]2CC[C@]2(C)[C@@H](C(=O)COC(=O)c3ccccc3)CC[C@@H]12. The van der Waals surface area contributed by atoms with Crippen LogP contribution in [0.2, 0.25) is 0 Å². The molecule has 4 nitrogen and oxygen atoms in total. The number of hydrogen-bond acceptors (Lipinski definition) is 4. The van der Waals surface area contributed by atoms with Gasteiger partial charge in [-0.25, -0.2) is 4.79 Å². The molecule has 0 heterocycles. The molecule has 32 heavy (non-hydrogen) atoms. The molecule has 4 saturated carbocycles. The number of ether oxygens (including phenoxy) is 1. The van der Waals surface area contributed by atoms with Crippen LogP contribution in [0.1, 0.15) is 82.0 Å². The highest BCUT2D eigenvalue weighted by Crippen LogP contribution is 2.67. The van der Waals surface area contributed by atoms with Gasteiger partial charge in [0.25, 0.3) is 0 Å². The molecule has 5 rings (SSSR count). The Labute approximate surface area is 191 Å². The lowest BCUT2D eigenvalue weighted by Gasteiger charge is -2.60. The van der Waals surface area contributed by atoms with E-state index in [1.165, 1.54) is 19.3 Å². The molecule has 172 valence electrons. The summed E-state index contributed by atoms with van der Waals surface area (Å²) in [4.78, 5) is 37.6. The van der Waals surface area contributed by atoms with Crippen molar-refractivity contribution in [1.29, 1.82) is 0 Å². The van der Waals surface area contributed by atoms with Gasteiger partial charge >= 0.3 is 5.97 Å². The third-order valence-electron chi connectivity index (χ3n) is 10.2. The second-order valence-electron chi connectivity index (χ2n) is 11.5.